The van der Waals surface area contributed by atoms with Crippen LogP contribution >= 0.6 is 0 Å². The fraction of sp³-hybridized carbons (Fsp3) is 0.667. The molecule has 116 valence electrons. The lowest BCUT2D eigenvalue weighted by Crippen LogP contribution is -2.21. The van der Waals surface area contributed by atoms with Crippen molar-refractivity contribution >= 4 is 0 Å². The molecule has 3 rings (SSSR count). The van der Waals surface area contributed by atoms with Gasteiger partial charge in [0.15, 0.2) is 11.5 Å². The quantitative estimate of drug-likeness (QED) is 0.837. The fourth-order valence-electron chi connectivity index (χ4n) is 3.35. The number of ether oxygens (including phenoxy) is 2. The van der Waals surface area contributed by atoms with Gasteiger partial charge in [0, 0.05) is 6.54 Å². The van der Waals surface area contributed by atoms with Gasteiger partial charge in [-0.2, -0.15) is 0 Å². The largest absolute Gasteiger partial charge is 0.486 e. The van der Waals surface area contributed by atoms with E-state index in [1.54, 1.807) is 0 Å². The summed E-state index contributed by atoms with van der Waals surface area (Å²) in [6, 6.07) is 6.25. The van der Waals surface area contributed by atoms with Crippen LogP contribution in [0.4, 0.5) is 0 Å². The summed E-state index contributed by atoms with van der Waals surface area (Å²) in [4.78, 5) is 0. The number of nitrogens with one attached hydrogen (secondary N) is 1. The van der Waals surface area contributed by atoms with Gasteiger partial charge in [0.25, 0.3) is 0 Å². The van der Waals surface area contributed by atoms with Crippen molar-refractivity contribution in [2.75, 3.05) is 19.8 Å². The summed E-state index contributed by atoms with van der Waals surface area (Å²) in [5, 5.41) is 3.57. The van der Waals surface area contributed by atoms with Crippen molar-refractivity contribution in [1.29, 1.82) is 0 Å². The molecule has 3 heteroatoms. The first-order chi connectivity index (χ1) is 10.3. The Morgan fingerprint density at radius 1 is 1.05 bits per heavy atom. The molecule has 1 N–H and O–H groups in total. The van der Waals surface area contributed by atoms with E-state index in [1.165, 1.54) is 37.7 Å². The summed E-state index contributed by atoms with van der Waals surface area (Å²) in [5.41, 5.74) is 1.27. The van der Waals surface area contributed by atoms with E-state index in [1.807, 2.05) is 6.07 Å². The van der Waals surface area contributed by atoms with E-state index in [-0.39, 0.29) is 0 Å². The highest BCUT2D eigenvalue weighted by atomic mass is 16.6. The minimum atomic E-state index is 0.657. The van der Waals surface area contributed by atoms with Crippen molar-refractivity contribution in [1.82, 2.24) is 5.32 Å². The van der Waals surface area contributed by atoms with E-state index < -0.39 is 0 Å². The van der Waals surface area contributed by atoms with Crippen molar-refractivity contribution in [2.24, 2.45) is 11.8 Å². The Morgan fingerprint density at radius 3 is 2.62 bits per heavy atom. The minimum Gasteiger partial charge on any atom is -0.486 e. The van der Waals surface area contributed by atoms with Crippen LogP contribution in [0.1, 0.15) is 44.6 Å². The molecule has 1 saturated carbocycles. The molecule has 0 unspecified atom stereocenters. The standard InChI is InChI=1S/C18H27NO2/c1-14-2-4-15(5-3-14)8-9-19-13-16-6-7-17-18(12-16)21-11-10-20-17/h6-7,12,14-15,19H,2-5,8-11,13H2,1H3. The second kappa shape index (κ2) is 7.17. The van der Waals surface area contributed by atoms with Gasteiger partial charge in [-0.05, 0) is 42.5 Å². The van der Waals surface area contributed by atoms with Crippen LogP contribution in [-0.2, 0) is 6.54 Å². The highest BCUT2D eigenvalue weighted by molar-refractivity contribution is 5.43. The van der Waals surface area contributed by atoms with Gasteiger partial charge in [-0.3, -0.25) is 0 Å². The van der Waals surface area contributed by atoms with E-state index in [9.17, 15) is 0 Å². The highest BCUT2D eigenvalue weighted by Gasteiger charge is 2.17. The molecule has 2 aliphatic rings. The maximum absolute atomic E-state index is 5.62. The average Bonchev–Trinajstić information content (AvgIpc) is 2.53. The summed E-state index contributed by atoms with van der Waals surface area (Å²) in [7, 11) is 0. The van der Waals surface area contributed by atoms with E-state index in [2.05, 4.69) is 24.4 Å². The van der Waals surface area contributed by atoms with Gasteiger partial charge in [-0.25, -0.2) is 0 Å². The lowest BCUT2D eigenvalue weighted by Gasteiger charge is -2.26. The third-order valence-corrected chi connectivity index (χ3v) is 4.80. The van der Waals surface area contributed by atoms with Gasteiger partial charge >= 0.3 is 0 Å². The third-order valence-electron chi connectivity index (χ3n) is 4.80. The van der Waals surface area contributed by atoms with Crippen LogP contribution in [0.5, 0.6) is 11.5 Å². The molecule has 1 fully saturated rings. The van der Waals surface area contributed by atoms with Crippen molar-refractivity contribution in [3.63, 3.8) is 0 Å². The summed E-state index contributed by atoms with van der Waals surface area (Å²) >= 11 is 0. The van der Waals surface area contributed by atoms with Gasteiger partial charge in [0.05, 0.1) is 0 Å². The molecule has 0 spiro atoms. The monoisotopic (exact) mass is 289 g/mol. The predicted molar refractivity (Wildman–Crippen MR) is 84.9 cm³/mol. The number of hydrogen-bond donors (Lipinski definition) is 1. The molecule has 1 aliphatic carbocycles. The molecule has 0 aromatic heterocycles. The summed E-state index contributed by atoms with van der Waals surface area (Å²) < 4.78 is 11.2. The molecule has 0 bridgehead atoms. The number of fused-ring (bicyclic) bond motifs is 1. The lowest BCUT2D eigenvalue weighted by molar-refractivity contribution is 0.171. The van der Waals surface area contributed by atoms with Crippen molar-refractivity contribution in [3.05, 3.63) is 23.8 Å². The molecule has 1 aromatic rings. The Hall–Kier alpha value is -1.22. The second-order valence-electron chi connectivity index (χ2n) is 6.57. The number of benzene rings is 1. The van der Waals surface area contributed by atoms with Gasteiger partial charge in [-0.1, -0.05) is 38.7 Å². The number of rotatable bonds is 5. The zero-order chi connectivity index (χ0) is 14.5. The zero-order valence-electron chi connectivity index (χ0n) is 13.1. The Kier molecular flexibility index (Phi) is 5.02. The smallest absolute Gasteiger partial charge is 0.161 e. The molecule has 0 radical (unpaired) electrons. The van der Waals surface area contributed by atoms with E-state index >= 15 is 0 Å². The van der Waals surface area contributed by atoms with Gasteiger partial charge < -0.3 is 14.8 Å². The Bertz CT molecular complexity index is 453. The lowest BCUT2D eigenvalue weighted by atomic mass is 9.81. The fourth-order valence-corrected chi connectivity index (χ4v) is 3.35. The molecule has 0 atom stereocenters. The van der Waals surface area contributed by atoms with Gasteiger partial charge in [0.1, 0.15) is 13.2 Å². The molecule has 0 amide bonds. The molecule has 1 heterocycles. The summed E-state index contributed by atoms with van der Waals surface area (Å²) in [5.74, 6) is 3.66. The maximum atomic E-state index is 5.62. The first-order valence-electron chi connectivity index (χ1n) is 8.40. The Labute approximate surface area is 128 Å². The number of hydrogen-bond acceptors (Lipinski definition) is 3. The van der Waals surface area contributed by atoms with Crippen LogP contribution in [0.15, 0.2) is 18.2 Å². The molecule has 21 heavy (non-hydrogen) atoms. The molecular formula is C18H27NO2. The van der Waals surface area contributed by atoms with Gasteiger partial charge in [-0.15, -0.1) is 0 Å². The predicted octanol–water partition coefficient (Wildman–Crippen LogP) is 3.76. The van der Waals surface area contributed by atoms with E-state index in [0.29, 0.717) is 13.2 Å². The van der Waals surface area contributed by atoms with Crippen LogP contribution in [0.25, 0.3) is 0 Å². The summed E-state index contributed by atoms with van der Waals surface area (Å²) in [6.45, 7) is 5.73. The maximum Gasteiger partial charge on any atom is 0.161 e. The summed E-state index contributed by atoms with van der Waals surface area (Å²) in [6.07, 6.45) is 7.01. The Morgan fingerprint density at radius 2 is 1.81 bits per heavy atom. The average molecular weight is 289 g/mol. The first kappa shape index (κ1) is 14.7. The van der Waals surface area contributed by atoms with E-state index in [4.69, 9.17) is 9.47 Å². The first-order valence-corrected chi connectivity index (χ1v) is 8.40. The molecule has 1 aliphatic heterocycles. The molecule has 1 aromatic carbocycles. The topological polar surface area (TPSA) is 30.5 Å². The Balaban J connectivity index is 1.39. The highest BCUT2D eigenvalue weighted by Crippen LogP contribution is 2.31. The van der Waals surface area contributed by atoms with Gasteiger partial charge in [0.2, 0.25) is 0 Å². The third kappa shape index (κ3) is 4.13. The van der Waals surface area contributed by atoms with Crippen molar-refractivity contribution in [3.8, 4) is 11.5 Å². The molecule has 0 saturated heterocycles. The SMILES string of the molecule is CC1CCC(CCNCc2ccc3c(c2)OCCO3)CC1. The normalized spacial score (nSPS) is 24.8. The molecular weight excluding hydrogens is 262 g/mol. The van der Waals surface area contributed by atoms with Crippen LogP contribution < -0.4 is 14.8 Å². The van der Waals surface area contributed by atoms with Crippen molar-refractivity contribution in [2.45, 2.75) is 45.6 Å². The second-order valence-corrected chi connectivity index (χ2v) is 6.57. The van der Waals surface area contributed by atoms with Crippen molar-refractivity contribution < 1.29 is 9.47 Å². The van der Waals surface area contributed by atoms with Crippen LogP contribution in [0.3, 0.4) is 0 Å². The zero-order valence-corrected chi connectivity index (χ0v) is 13.1. The van der Waals surface area contributed by atoms with E-state index in [0.717, 1.165) is 36.4 Å². The minimum absolute atomic E-state index is 0.657. The van der Waals surface area contributed by atoms with Crippen LogP contribution in [0, 0.1) is 11.8 Å². The van der Waals surface area contributed by atoms with Crippen LogP contribution in [0.2, 0.25) is 0 Å². The van der Waals surface area contributed by atoms with Crippen LogP contribution in [-0.4, -0.2) is 19.8 Å². The molecule has 3 nitrogen and oxygen atoms in total.